The average molecular weight is 338 g/mol. The number of halogens is 1. The van der Waals surface area contributed by atoms with E-state index in [4.69, 9.17) is 16.3 Å². The molecule has 2 aliphatic heterocycles. The summed E-state index contributed by atoms with van der Waals surface area (Å²) < 4.78 is 5.41. The SMILES string of the molecule is COc1ccc(Cl)cc1CN1CCN(C(=O)C2CCNC2)CC1. The number of carbonyl (C=O) groups excluding carboxylic acids is 1. The molecular formula is C17H24ClN3O2. The summed E-state index contributed by atoms with van der Waals surface area (Å²) in [5, 5.41) is 3.99. The molecule has 1 amide bonds. The number of ether oxygens (including phenoxy) is 1. The van der Waals surface area contributed by atoms with E-state index in [-0.39, 0.29) is 5.92 Å². The zero-order chi connectivity index (χ0) is 16.2. The van der Waals surface area contributed by atoms with Gasteiger partial charge in [0.1, 0.15) is 5.75 Å². The van der Waals surface area contributed by atoms with Crippen molar-refractivity contribution < 1.29 is 9.53 Å². The molecule has 1 atom stereocenters. The topological polar surface area (TPSA) is 44.8 Å². The number of hydrogen-bond acceptors (Lipinski definition) is 4. The highest BCUT2D eigenvalue weighted by Gasteiger charge is 2.29. The van der Waals surface area contributed by atoms with Crippen molar-refractivity contribution in [1.82, 2.24) is 15.1 Å². The van der Waals surface area contributed by atoms with E-state index in [2.05, 4.69) is 10.2 Å². The zero-order valence-corrected chi connectivity index (χ0v) is 14.3. The predicted octanol–water partition coefficient (Wildman–Crippen LogP) is 1.60. The van der Waals surface area contributed by atoms with Gasteiger partial charge in [0.15, 0.2) is 0 Å². The minimum atomic E-state index is 0.176. The maximum Gasteiger partial charge on any atom is 0.227 e. The Morgan fingerprint density at radius 1 is 1.35 bits per heavy atom. The molecule has 0 spiro atoms. The summed E-state index contributed by atoms with van der Waals surface area (Å²) in [6.07, 6.45) is 0.971. The largest absolute Gasteiger partial charge is 0.496 e. The van der Waals surface area contributed by atoms with Crippen LogP contribution in [0.5, 0.6) is 5.75 Å². The van der Waals surface area contributed by atoms with Crippen LogP contribution in [0.3, 0.4) is 0 Å². The van der Waals surface area contributed by atoms with Crippen LogP contribution in [-0.2, 0) is 11.3 Å². The van der Waals surface area contributed by atoms with Gasteiger partial charge in [-0.3, -0.25) is 9.69 Å². The van der Waals surface area contributed by atoms with E-state index in [1.54, 1.807) is 7.11 Å². The Bertz CT molecular complexity index is 553. The van der Waals surface area contributed by atoms with Crippen LogP contribution in [0.4, 0.5) is 0 Å². The van der Waals surface area contributed by atoms with Crippen LogP contribution in [0.15, 0.2) is 18.2 Å². The number of methoxy groups -OCH3 is 1. The summed E-state index contributed by atoms with van der Waals surface area (Å²) in [5.41, 5.74) is 1.10. The number of piperazine rings is 1. The first-order valence-electron chi connectivity index (χ1n) is 8.21. The van der Waals surface area contributed by atoms with E-state index >= 15 is 0 Å². The van der Waals surface area contributed by atoms with Crippen molar-refractivity contribution in [3.05, 3.63) is 28.8 Å². The number of benzene rings is 1. The van der Waals surface area contributed by atoms with Crippen LogP contribution in [0.25, 0.3) is 0 Å². The summed E-state index contributed by atoms with van der Waals surface area (Å²) in [7, 11) is 1.68. The van der Waals surface area contributed by atoms with Crippen LogP contribution in [0.1, 0.15) is 12.0 Å². The number of carbonyl (C=O) groups is 1. The second-order valence-corrected chi connectivity index (χ2v) is 6.68. The van der Waals surface area contributed by atoms with Gasteiger partial charge in [-0.1, -0.05) is 11.6 Å². The summed E-state index contributed by atoms with van der Waals surface area (Å²) >= 11 is 6.10. The first kappa shape index (κ1) is 16.6. The lowest BCUT2D eigenvalue weighted by Gasteiger charge is -2.36. The Balaban J connectivity index is 1.55. The van der Waals surface area contributed by atoms with Gasteiger partial charge in [-0.2, -0.15) is 0 Å². The highest BCUT2D eigenvalue weighted by molar-refractivity contribution is 6.30. The fraction of sp³-hybridized carbons (Fsp3) is 0.588. The van der Waals surface area contributed by atoms with E-state index in [1.165, 1.54) is 0 Å². The highest BCUT2D eigenvalue weighted by atomic mass is 35.5. The van der Waals surface area contributed by atoms with Gasteiger partial charge in [0.2, 0.25) is 5.91 Å². The molecule has 0 aliphatic carbocycles. The van der Waals surface area contributed by atoms with E-state index in [9.17, 15) is 4.79 Å². The molecule has 3 rings (SSSR count). The van der Waals surface area contributed by atoms with E-state index < -0.39 is 0 Å². The molecule has 2 heterocycles. The Hall–Kier alpha value is -1.30. The Labute approximate surface area is 142 Å². The number of amides is 1. The molecule has 1 aromatic rings. The maximum atomic E-state index is 12.4. The summed E-state index contributed by atoms with van der Waals surface area (Å²) in [4.78, 5) is 16.8. The minimum Gasteiger partial charge on any atom is -0.496 e. The van der Waals surface area contributed by atoms with E-state index in [0.717, 1.165) is 68.6 Å². The van der Waals surface area contributed by atoms with Gasteiger partial charge in [0.25, 0.3) is 0 Å². The third-order valence-corrected chi connectivity index (χ3v) is 4.97. The van der Waals surface area contributed by atoms with Gasteiger partial charge in [-0.05, 0) is 31.2 Å². The molecule has 0 aromatic heterocycles. The predicted molar refractivity (Wildman–Crippen MR) is 90.8 cm³/mol. The monoisotopic (exact) mass is 337 g/mol. The molecule has 2 aliphatic rings. The van der Waals surface area contributed by atoms with Crippen LogP contribution >= 0.6 is 11.6 Å². The minimum absolute atomic E-state index is 0.176. The quantitative estimate of drug-likeness (QED) is 0.906. The molecule has 1 aromatic carbocycles. The molecule has 6 heteroatoms. The molecule has 0 radical (unpaired) electrons. The van der Waals surface area contributed by atoms with Crippen molar-refractivity contribution >= 4 is 17.5 Å². The molecule has 0 saturated carbocycles. The fourth-order valence-electron chi connectivity index (χ4n) is 3.36. The molecule has 0 bridgehead atoms. The smallest absolute Gasteiger partial charge is 0.227 e. The number of nitrogens with zero attached hydrogens (tertiary/aromatic N) is 2. The normalized spacial score (nSPS) is 22.3. The molecule has 5 nitrogen and oxygen atoms in total. The standard InChI is InChI=1S/C17H24ClN3O2/c1-23-16-3-2-15(18)10-14(16)12-20-6-8-21(9-7-20)17(22)13-4-5-19-11-13/h2-3,10,13,19H,4-9,11-12H2,1H3. The number of nitrogens with one attached hydrogen (secondary N) is 1. The molecule has 2 fully saturated rings. The van der Waals surface area contributed by atoms with Crippen LogP contribution < -0.4 is 10.1 Å². The third kappa shape index (κ3) is 3.97. The summed E-state index contributed by atoms with van der Waals surface area (Å²) in [6.45, 7) is 5.99. The maximum absolute atomic E-state index is 12.4. The van der Waals surface area contributed by atoms with Crippen molar-refractivity contribution in [1.29, 1.82) is 0 Å². The molecule has 1 N–H and O–H groups in total. The van der Waals surface area contributed by atoms with Gasteiger partial charge in [-0.25, -0.2) is 0 Å². The molecular weight excluding hydrogens is 314 g/mol. The van der Waals surface area contributed by atoms with Crippen LogP contribution in [0, 0.1) is 5.92 Å². The van der Waals surface area contributed by atoms with Gasteiger partial charge in [0, 0.05) is 49.9 Å². The highest BCUT2D eigenvalue weighted by Crippen LogP contribution is 2.24. The van der Waals surface area contributed by atoms with Gasteiger partial charge >= 0.3 is 0 Å². The fourth-order valence-corrected chi connectivity index (χ4v) is 3.56. The van der Waals surface area contributed by atoms with Gasteiger partial charge in [-0.15, -0.1) is 0 Å². The molecule has 23 heavy (non-hydrogen) atoms. The molecule has 126 valence electrons. The summed E-state index contributed by atoms with van der Waals surface area (Å²) in [5.74, 6) is 1.36. The zero-order valence-electron chi connectivity index (χ0n) is 13.6. The van der Waals surface area contributed by atoms with Crippen molar-refractivity contribution in [2.24, 2.45) is 5.92 Å². The van der Waals surface area contributed by atoms with Crippen LogP contribution in [-0.4, -0.2) is 62.1 Å². The lowest BCUT2D eigenvalue weighted by molar-refractivity contribution is -0.136. The van der Waals surface area contributed by atoms with E-state index in [0.29, 0.717) is 5.91 Å². The lowest BCUT2D eigenvalue weighted by atomic mass is 10.1. The van der Waals surface area contributed by atoms with Gasteiger partial charge in [0.05, 0.1) is 13.0 Å². The van der Waals surface area contributed by atoms with Crippen molar-refractivity contribution in [2.45, 2.75) is 13.0 Å². The Morgan fingerprint density at radius 2 is 2.13 bits per heavy atom. The van der Waals surface area contributed by atoms with E-state index in [1.807, 2.05) is 23.1 Å². The first-order chi connectivity index (χ1) is 11.2. The Kier molecular flexibility index (Phi) is 5.41. The molecule has 1 unspecified atom stereocenters. The Morgan fingerprint density at radius 3 is 2.78 bits per heavy atom. The van der Waals surface area contributed by atoms with Crippen molar-refractivity contribution in [2.75, 3.05) is 46.4 Å². The van der Waals surface area contributed by atoms with Crippen molar-refractivity contribution in [3.63, 3.8) is 0 Å². The second-order valence-electron chi connectivity index (χ2n) is 6.25. The average Bonchev–Trinajstić information content (AvgIpc) is 3.10. The summed E-state index contributed by atoms with van der Waals surface area (Å²) in [6, 6.07) is 5.71. The first-order valence-corrected chi connectivity index (χ1v) is 8.59. The number of rotatable bonds is 4. The lowest BCUT2D eigenvalue weighted by Crippen LogP contribution is -2.50. The van der Waals surface area contributed by atoms with Crippen LogP contribution in [0.2, 0.25) is 5.02 Å². The molecule has 2 saturated heterocycles. The number of hydrogen-bond donors (Lipinski definition) is 1. The second kappa shape index (κ2) is 7.51. The van der Waals surface area contributed by atoms with Gasteiger partial charge < -0.3 is 15.0 Å². The van der Waals surface area contributed by atoms with Crippen molar-refractivity contribution in [3.8, 4) is 5.75 Å². The third-order valence-electron chi connectivity index (χ3n) is 4.73.